The van der Waals surface area contributed by atoms with Gasteiger partial charge < -0.3 is 20.0 Å². The fourth-order valence-corrected chi connectivity index (χ4v) is 8.53. The summed E-state index contributed by atoms with van der Waals surface area (Å²) in [5.41, 5.74) is 2.75. The third kappa shape index (κ3) is 4.93. The van der Waals surface area contributed by atoms with E-state index in [4.69, 9.17) is 4.84 Å². The van der Waals surface area contributed by atoms with Gasteiger partial charge in [0.25, 0.3) is 0 Å². The van der Waals surface area contributed by atoms with Gasteiger partial charge in [-0.3, -0.25) is 0 Å². The van der Waals surface area contributed by atoms with Crippen LogP contribution in [0.1, 0.15) is 78.1 Å². The van der Waals surface area contributed by atoms with Crippen molar-refractivity contribution in [2.45, 2.75) is 89.8 Å². The van der Waals surface area contributed by atoms with Crippen molar-refractivity contribution >= 4 is 0 Å². The molecule has 0 aromatic carbocycles. The zero-order chi connectivity index (χ0) is 24.4. The third-order valence-electron chi connectivity index (χ3n) is 10.6. The van der Waals surface area contributed by atoms with Gasteiger partial charge in [-0.15, -0.1) is 0 Å². The molecule has 34 heavy (non-hydrogen) atoms. The molecule has 4 aliphatic carbocycles. The van der Waals surface area contributed by atoms with Gasteiger partial charge >= 0.3 is 0 Å². The maximum absolute atomic E-state index is 12.2. The van der Waals surface area contributed by atoms with Gasteiger partial charge in [0.1, 0.15) is 0 Å². The molecule has 4 aliphatic rings. The first-order valence-corrected chi connectivity index (χ1v) is 13.9. The van der Waals surface area contributed by atoms with Crippen molar-refractivity contribution < 1.29 is 15.1 Å². The van der Waals surface area contributed by atoms with E-state index in [9.17, 15) is 10.2 Å². The molecule has 0 unspecified atom stereocenters. The highest BCUT2D eigenvalue weighted by molar-refractivity contribution is 5.20. The lowest BCUT2D eigenvalue weighted by molar-refractivity contribution is -0.207. The molecular formula is C29H50N2O3. The fraction of sp³-hybridized carbons (Fsp3) is 0.862. The molecule has 3 N–H and O–H groups in total. The molecule has 4 saturated carbocycles. The smallest absolute Gasteiger partial charge is 0.0737 e. The van der Waals surface area contributed by atoms with E-state index >= 15 is 0 Å². The Kier molecular flexibility index (Phi) is 8.31. The Balaban J connectivity index is 1.31. The van der Waals surface area contributed by atoms with Crippen LogP contribution in [0.5, 0.6) is 0 Å². The highest BCUT2D eigenvalue weighted by Crippen LogP contribution is 2.69. The lowest BCUT2D eigenvalue weighted by Gasteiger charge is -2.63. The molecule has 0 heterocycles. The molecule has 4 rings (SSSR count). The molecule has 0 aromatic heterocycles. The molecular weight excluding hydrogens is 424 g/mol. The minimum absolute atomic E-state index is 0.0241. The molecule has 194 valence electrons. The van der Waals surface area contributed by atoms with Gasteiger partial charge in [0.15, 0.2) is 0 Å². The zero-order valence-electron chi connectivity index (χ0n) is 22.1. The largest absolute Gasteiger partial charge is 0.393 e. The molecule has 0 saturated heterocycles. The van der Waals surface area contributed by atoms with Gasteiger partial charge in [-0.2, -0.15) is 5.48 Å². The second kappa shape index (κ2) is 10.7. The predicted molar refractivity (Wildman–Crippen MR) is 138 cm³/mol. The number of aliphatic hydroxyl groups is 2. The minimum Gasteiger partial charge on any atom is -0.393 e. The van der Waals surface area contributed by atoms with Gasteiger partial charge in [0.05, 0.1) is 18.3 Å². The van der Waals surface area contributed by atoms with Crippen LogP contribution >= 0.6 is 0 Å². The van der Waals surface area contributed by atoms with Crippen LogP contribution in [0.4, 0.5) is 0 Å². The van der Waals surface area contributed by atoms with E-state index in [1.54, 1.807) is 0 Å². The summed E-state index contributed by atoms with van der Waals surface area (Å²) in [4.78, 5) is 7.63. The highest BCUT2D eigenvalue weighted by Gasteiger charge is 2.66. The Bertz CT molecular complexity index is 739. The van der Waals surface area contributed by atoms with Crippen molar-refractivity contribution in [2.75, 3.05) is 33.8 Å². The Hall–Kier alpha value is -0.720. The summed E-state index contributed by atoms with van der Waals surface area (Å²) in [6, 6.07) is 0. The first kappa shape index (κ1) is 26.3. The zero-order valence-corrected chi connectivity index (χ0v) is 22.1. The van der Waals surface area contributed by atoms with Crippen LogP contribution in [0.15, 0.2) is 24.3 Å². The van der Waals surface area contributed by atoms with E-state index < -0.39 is 5.60 Å². The monoisotopic (exact) mass is 474 g/mol. The maximum Gasteiger partial charge on any atom is 0.0737 e. The van der Waals surface area contributed by atoms with Crippen LogP contribution < -0.4 is 5.48 Å². The molecule has 0 amide bonds. The van der Waals surface area contributed by atoms with Crippen LogP contribution in [-0.4, -0.2) is 60.6 Å². The van der Waals surface area contributed by atoms with Gasteiger partial charge in [0, 0.05) is 12.0 Å². The van der Waals surface area contributed by atoms with E-state index in [0.717, 1.165) is 64.5 Å². The van der Waals surface area contributed by atoms with E-state index in [0.29, 0.717) is 35.6 Å². The van der Waals surface area contributed by atoms with Crippen LogP contribution in [0.3, 0.4) is 0 Å². The first-order chi connectivity index (χ1) is 16.2. The lowest BCUT2D eigenvalue weighted by Crippen LogP contribution is -2.62. The molecule has 0 spiro atoms. The first-order valence-electron chi connectivity index (χ1n) is 13.9. The normalized spacial score (nSPS) is 44.5. The Morgan fingerprint density at radius 3 is 2.62 bits per heavy atom. The molecule has 0 bridgehead atoms. The maximum atomic E-state index is 12.2. The fourth-order valence-electron chi connectivity index (χ4n) is 8.53. The molecule has 5 nitrogen and oxygen atoms in total. The van der Waals surface area contributed by atoms with Gasteiger partial charge in [-0.25, -0.2) is 0 Å². The van der Waals surface area contributed by atoms with Gasteiger partial charge in [-0.1, -0.05) is 38.2 Å². The van der Waals surface area contributed by atoms with E-state index in [1.807, 2.05) is 0 Å². The molecule has 5 heteroatoms. The van der Waals surface area contributed by atoms with Crippen LogP contribution in [0, 0.1) is 34.5 Å². The third-order valence-corrected chi connectivity index (χ3v) is 10.6. The Morgan fingerprint density at radius 2 is 1.82 bits per heavy atom. The van der Waals surface area contributed by atoms with Crippen molar-refractivity contribution in [1.82, 2.24) is 10.4 Å². The summed E-state index contributed by atoms with van der Waals surface area (Å²) in [5.74, 6) is 2.11. The number of hydrogen-bond acceptors (Lipinski definition) is 5. The second-order valence-corrected chi connectivity index (χ2v) is 12.6. The van der Waals surface area contributed by atoms with Crippen LogP contribution in [0.25, 0.3) is 0 Å². The summed E-state index contributed by atoms with van der Waals surface area (Å²) in [7, 11) is 4.15. The van der Waals surface area contributed by atoms with Crippen molar-refractivity contribution in [3.05, 3.63) is 24.3 Å². The summed E-state index contributed by atoms with van der Waals surface area (Å²) >= 11 is 0. The minimum atomic E-state index is -0.541. The predicted octanol–water partition coefficient (Wildman–Crippen LogP) is 4.71. The van der Waals surface area contributed by atoms with Gasteiger partial charge in [-0.05, 0) is 114 Å². The van der Waals surface area contributed by atoms with Crippen LogP contribution in [-0.2, 0) is 4.84 Å². The summed E-state index contributed by atoms with van der Waals surface area (Å²) in [6.45, 7) is 7.33. The van der Waals surface area contributed by atoms with Crippen molar-refractivity contribution in [3.8, 4) is 0 Å². The number of hydroxylamine groups is 1. The summed E-state index contributed by atoms with van der Waals surface area (Å²) < 4.78 is 0. The molecule has 0 radical (unpaired) electrons. The highest BCUT2D eigenvalue weighted by atomic mass is 16.6. The Morgan fingerprint density at radius 1 is 1.00 bits per heavy atom. The van der Waals surface area contributed by atoms with E-state index in [2.05, 4.69) is 62.6 Å². The summed E-state index contributed by atoms with van der Waals surface area (Å²) in [5, 5.41) is 22.5. The number of nitrogens with one attached hydrogen (secondary N) is 1. The molecule has 0 aromatic rings. The number of fused-ring (bicyclic) bond motifs is 5. The number of nitrogens with zero attached hydrogens (tertiary/aromatic N) is 1. The number of hydrogen-bond donors (Lipinski definition) is 3. The second-order valence-electron chi connectivity index (χ2n) is 12.6. The average Bonchev–Trinajstić information content (AvgIpc) is 3.06. The Labute approximate surface area is 208 Å². The average molecular weight is 475 g/mol. The quantitative estimate of drug-likeness (QED) is 0.257. The lowest BCUT2D eigenvalue weighted by atomic mass is 9.43. The van der Waals surface area contributed by atoms with Crippen molar-refractivity contribution in [2.24, 2.45) is 34.5 Å². The SMILES string of the molecule is CN(C)CCCONC/C=C/C=C/[C@H]1CC[C@]2(O)[C@@H]3CC[C@@H]4C[C@@H](O)CC[C@]4(C)[C@H]3CC[C@]12C. The molecule has 4 fully saturated rings. The molecule has 0 aliphatic heterocycles. The number of aliphatic hydroxyl groups excluding tert-OH is 1. The van der Waals surface area contributed by atoms with Gasteiger partial charge in [0.2, 0.25) is 0 Å². The standard InChI is InChI=1S/C29H50N2O3/c1-27-15-13-24(32)21-23(27)10-11-26-25(27)14-16-28(2)22(12-17-29(26,28)33)9-6-5-7-18-30-34-20-8-19-31(3)4/h5-7,9,22-26,30,32-33H,8,10-21H2,1-4H3/b7-5+,9-6+/t22-,23+,24-,25-,26+,27-,28+,29-/m0/s1. The van der Waals surface area contributed by atoms with Crippen LogP contribution in [0.2, 0.25) is 0 Å². The topological polar surface area (TPSA) is 65.0 Å². The van der Waals surface area contributed by atoms with Crippen molar-refractivity contribution in [1.29, 1.82) is 0 Å². The van der Waals surface area contributed by atoms with E-state index in [-0.39, 0.29) is 11.5 Å². The summed E-state index contributed by atoms with van der Waals surface area (Å²) in [6.07, 6.45) is 19.4. The van der Waals surface area contributed by atoms with E-state index in [1.165, 1.54) is 12.8 Å². The number of allylic oxidation sites excluding steroid dienone is 3. The van der Waals surface area contributed by atoms with Crippen molar-refractivity contribution in [3.63, 3.8) is 0 Å². The number of rotatable bonds is 9. The molecule has 8 atom stereocenters.